The molecule has 1 fully saturated rings. The number of carbonyl (C=O) groups is 1. The van der Waals surface area contributed by atoms with E-state index < -0.39 is 10.0 Å². The van der Waals surface area contributed by atoms with Gasteiger partial charge in [-0.1, -0.05) is 30.2 Å². The largest absolute Gasteiger partial charge is 0.354 e. The van der Waals surface area contributed by atoms with Gasteiger partial charge < -0.3 is 11.1 Å². The summed E-state index contributed by atoms with van der Waals surface area (Å²) in [5.41, 5.74) is 5.35. The monoisotopic (exact) mass is 359 g/mol. The van der Waals surface area contributed by atoms with Gasteiger partial charge in [-0.2, -0.15) is 4.31 Å². The third-order valence-electron chi connectivity index (χ3n) is 3.90. The average molecular weight is 360 g/mol. The Kier molecular flexibility index (Phi) is 6.41. The van der Waals surface area contributed by atoms with Gasteiger partial charge in [0.15, 0.2) is 0 Å². The van der Waals surface area contributed by atoms with E-state index in [0.29, 0.717) is 19.5 Å². The molecule has 0 aliphatic carbocycles. The van der Waals surface area contributed by atoms with Crippen LogP contribution in [-0.4, -0.2) is 44.3 Å². The lowest BCUT2D eigenvalue weighted by Gasteiger charge is -2.35. The van der Waals surface area contributed by atoms with E-state index >= 15 is 0 Å². The second kappa shape index (κ2) is 8.10. The van der Waals surface area contributed by atoms with E-state index in [9.17, 15) is 13.2 Å². The molecule has 1 aromatic carbocycles. The molecule has 1 heterocycles. The summed E-state index contributed by atoms with van der Waals surface area (Å²) in [6.07, 6.45) is 2.69. The number of amides is 1. The number of piperidine rings is 1. The maximum atomic E-state index is 12.9. The van der Waals surface area contributed by atoms with Gasteiger partial charge in [-0.05, 0) is 25.0 Å². The van der Waals surface area contributed by atoms with Crippen LogP contribution in [0.25, 0.3) is 0 Å². The third-order valence-corrected chi connectivity index (χ3v) is 6.35. The average Bonchev–Trinajstić information content (AvgIpc) is 2.54. The van der Waals surface area contributed by atoms with Crippen LogP contribution < -0.4 is 11.1 Å². The van der Waals surface area contributed by atoms with Crippen LogP contribution in [-0.2, 0) is 14.8 Å². The topological polar surface area (TPSA) is 92.5 Å². The Morgan fingerprint density at radius 2 is 2.09 bits per heavy atom. The van der Waals surface area contributed by atoms with Gasteiger partial charge >= 0.3 is 0 Å². The summed E-state index contributed by atoms with van der Waals surface area (Å²) in [6, 6.07) is 6.17. The molecular formula is C15H22ClN3O3S. The van der Waals surface area contributed by atoms with Crippen LogP contribution in [0.5, 0.6) is 0 Å². The number of benzene rings is 1. The molecule has 23 heavy (non-hydrogen) atoms. The van der Waals surface area contributed by atoms with Crippen LogP contribution in [0, 0.1) is 0 Å². The lowest BCUT2D eigenvalue weighted by Crippen LogP contribution is -2.49. The van der Waals surface area contributed by atoms with Crippen LogP contribution in [0.2, 0.25) is 5.02 Å². The van der Waals surface area contributed by atoms with Crippen LogP contribution in [0.15, 0.2) is 29.2 Å². The van der Waals surface area contributed by atoms with E-state index in [1.165, 1.54) is 10.4 Å². The standard InChI is InChI=1S/C15H22ClN3O3S/c16-13-6-1-2-7-14(13)23(21,22)19-10-4-3-5-12(19)11-18-15(20)8-9-17/h1-2,6-7,12H,3-5,8-11,17H2,(H,18,20). The first-order valence-corrected chi connectivity index (χ1v) is 9.51. The first kappa shape index (κ1) is 18.2. The van der Waals surface area contributed by atoms with Gasteiger partial charge in [-0.3, -0.25) is 4.79 Å². The maximum absolute atomic E-state index is 12.9. The molecule has 2 rings (SSSR count). The number of hydrogen-bond acceptors (Lipinski definition) is 4. The molecule has 1 aliphatic rings. The zero-order chi connectivity index (χ0) is 16.9. The number of nitrogens with two attached hydrogens (primary N) is 1. The molecule has 1 unspecified atom stereocenters. The van der Waals surface area contributed by atoms with Crippen molar-refractivity contribution in [2.45, 2.75) is 36.6 Å². The van der Waals surface area contributed by atoms with Gasteiger partial charge in [0.25, 0.3) is 0 Å². The Bertz CT molecular complexity index is 651. The number of nitrogens with zero attached hydrogens (tertiary/aromatic N) is 1. The highest BCUT2D eigenvalue weighted by Crippen LogP contribution is 2.29. The summed E-state index contributed by atoms with van der Waals surface area (Å²) >= 11 is 6.05. The minimum Gasteiger partial charge on any atom is -0.354 e. The zero-order valence-electron chi connectivity index (χ0n) is 12.9. The highest BCUT2D eigenvalue weighted by atomic mass is 35.5. The van der Waals surface area contributed by atoms with Crippen molar-refractivity contribution < 1.29 is 13.2 Å². The van der Waals surface area contributed by atoms with Crippen LogP contribution in [0.4, 0.5) is 0 Å². The molecule has 0 bridgehead atoms. The van der Waals surface area contributed by atoms with Gasteiger partial charge in [0.1, 0.15) is 4.90 Å². The number of rotatable bonds is 6. The van der Waals surface area contributed by atoms with E-state index in [2.05, 4.69) is 5.32 Å². The maximum Gasteiger partial charge on any atom is 0.244 e. The van der Waals surface area contributed by atoms with Crippen LogP contribution in [0.1, 0.15) is 25.7 Å². The predicted octanol–water partition coefficient (Wildman–Crippen LogP) is 1.35. The van der Waals surface area contributed by atoms with Crippen molar-refractivity contribution in [3.05, 3.63) is 29.3 Å². The smallest absolute Gasteiger partial charge is 0.244 e. The Labute approximate surface area is 142 Å². The molecule has 0 saturated carbocycles. The molecule has 3 N–H and O–H groups in total. The van der Waals surface area contributed by atoms with E-state index in [1.807, 2.05) is 0 Å². The molecule has 128 valence electrons. The summed E-state index contributed by atoms with van der Waals surface area (Å²) in [5, 5.41) is 2.98. The van der Waals surface area contributed by atoms with E-state index in [4.69, 9.17) is 17.3 Å². The molecule has 0 spiro atoms. The minimum absolute atomic E-state index is 0.113. The fraction of sp³-hybridized carbons (Fsp3) is 0.533. The van der Waals surface area contributed by atoms with Gasteiger partial charge in [-0.25, -0.2) is 8.42 Å². The van der Waals surface area contributed by atoms with Gasteiger partial charge in [0.05, 0.1) is 5.02 Å². The summed E-state index contributed by atoms with van der Waals surface area (Å²) in [6.45, 7) is 1.01. The molecular weight excluding hydrogens is 338 g/mol. The van der Waals surface area contributed by atoms with Crippen molar-refractivity contribution >= 4 is 27.5 Å². The molecule has 8 heteroatoms. The summed E-state index contributed by atoms with van der Waals surface area (Å²) in [7, 11) is -3.68. The Hall–Kier alpha value is -1.15. The lowest BCUT2D eigenvalue weighted by molar-refractivity contribution is -0.121. The van der Waals surface area contributed by atoms with Crippen molar-refractivity contribution in [3.63, 3.8) is 0 Å². The van der Waals surface area contributed by atoms with Gasteiger partial charge in [0, 0.05) is 32.1 Å². The second-order valence-electron chi connectivity index (χ2n) is 5.54. The molecule has 1 aliphatic heterocycles. The minimum atomic E-state index is -3.68. The molecule has 1 saturated heterocycles. The Balaban J connectivity index is 2.17. The van der Waals surface area contributed by atoms with Crippen molar-refractivity contribution in [2.75, 3.05) is 19.6 Å². The number of nitrogens with one attached hydrogen (secondary N) is 1. The van der Waals surface area contributed by atoms with Gasteiger partial charge in [0.2, 0.25) is 15.9 Å². The fourth-order valence-electron chi connectivity index (χ4n) is 2.73. The first-order chi connectivity index (χ1) is 11.0. The van der Waals surface area contributed by atoms with E-state index in [-0.39, 0.29) is 34.8 Å². The van der Waals surface area contributed by atoms with Crippen LogP contribution in [0.3, 0.4) is 0 Å². The molecule has 1 aromatic rings. The summed E-state index contributed by atoms with van der Waals surface area (Å²) in [5.74, 6) is -0.159. The van der Waals surface area contributed by atoms with Crippen molar-refractivity contribution in [2.24, 2.45) is 5.73 Å². The molecule has 0 aromatic heterocycles. The van der Waals surface area contributed by atoms with Crippen molar-refractivity contribution in [3.8, 4) is 0 Å². The first-order valence-electron chi connectivity index (χ1n) is 7.70. The fourth-order valence-corrected chi connectivity index (χ4v) is 4.91. The molecule has 1 amide bonds. The number of sulfonamides is 1. The number of halogens is 1. The second-order valence-corrected chi connectivity index (χ2v) is 7.80. The highest BCUT2D eigenvalue weighted by Gasteiger charge is 2.34. The SMILES string of the molecule is NCCC(=O)NCC1CCCCN1S(=O)(=O)c1ccccc1Cl. The molecule has 1 atom stereocenters. The molecule has 0 radical (unpaired) electrons. The van der Waals surface area contributed by atoms with E-state index in [1.54, 1.807) is 18.2 Å². The number of hydrogen-bond donors (Lipinski definition) is 2. The summed E-state index contributed by atoms with van der Waals surface area (Å²) in [4.78, 5) is 11.7. The number of carbonyl (C=O) groups excluding carboxylic acids is 1. The van der Waals surface area contributed by atoms with Crippen molar-refractivity contribution in [1.82, 2.24) is 9.62 Å². The molecule has 6 nitrogen and oxygen atoms in total. The van der Waals surface area contributed by atoms with Crippen molar-refractivity contribution in [1.29, 1.82) is 0 Å². The Morgan fingerprint density at radius 3 is 2.78 bits per heavy atom. The zero-order valence-corrected chi connectivity index (χ0v) is 14.4. The normalized spacial score (nSPS) is 19.5. The third kappa shape index (κ3) is 4.44. The summed E-state index contributed by atoms with van der Waals surface area (Å²) < 4.78 is 27.3. The quantitative estimate of drug-likeness (QED) is 0.801. The van der Waals surface area contributed by atoms with Crippen LogP contribution >= 0.6 is 11.6 Å². The Morgan fingerprint density at radius 1 is 1.35 bits per heavy atom. The highest BCUT2D eigenvalue weighted by molar-refractivity contribution is 7.89. The van der Waals surface area contributed by atoms with Gasteiger partial charge in [-0.15, -0.1) is 0 Å². The predicted molar refractivity (Wildman–Crippen MR) is 89.7 cm³/mol. The van der Waals surface area contributed by atoms with E-state index in [0.717, 1.165) is 12.8 Å². The lowest BCUT2D eigenvalue weighted by atomic mass is 10.1.